The normalized spacial score (nSPS) is 19.5. The molecule has 2 heterocycles. The lowest BCUT2D eigenvalue weighted by Crippen LogP contribution is -2.13. The van der Waals surface area contributed by atoms with Gasteiger partial charge in [-0.2, -0.15) is 5.10 Å². The van der Waals surface area contributed by atoms with Crippen LogP contribution in [0.2, 0.25) is 0 Å². The molecule has 0 bridgehead atoms. The van der Waals surface area contributed by atoms with E-state index in [9.17, 15) is 4.79 Å². The zero-order valence-corrected chi connectivity index (χ0v) is 10.4. The third-order valence-corrected chi connectivity index (χ3v) is 3.04. The zero-order chi connectivity index (χ0) is 12.3. The van der Waals surface area contributed by atoms with Gasteiger partial charge in [-0.1, -0.05) is 0 Å². The van der Waals surface area contributed by atoms with Crippen LogP contribution in [-0.4, -0.2) is 35.4 Å². The quantitative estimate of drug-likeness (QED) is 0.785. The molecule has 94 valence electrons. The van der Waals surface area contributed by atoms with Gasteiger partial charge in [0.2, 0.25) is 0 Å². The van der Waals surface area contributed by atoms with E-state index >= 15 is 0 Å². The maximum Gasteiger partial charge on any atom is 0.359 e. The molecule has 1 fully saturated rings. The van der Waals surface area contributed by atoms with Crippen molar-refractivity contribution in [2.45, 2.75) is 19.8 Å². The summed E-state index contributed by atoms with van der Waals surface area (Å²) in [5.74, 6) is 0.293. The van der Waals surface area contributed by atoms with Crippen LogP contribution >= 0.6 is 0 Å². The molecule has 1 unspecified atom stereocenters. The smallest absolute Gasteiger partial charge is 0.359 e. The summed E-state index contributed by atoms with van der Waals surface area (Å²) >= 11 is 0. The summed E-state index contributed by atoms with van der Waals surface area (Å²) in [5.41, 5.74) is 1.47. The molecule has 1 N–H and O–H groups in total. The van der Waals surface area contributed by atoms with Crippen molar-refractivity contribution in [2.75, 3.05) is 19.7 Å². The van der Waals surface area contributed by atoms with E-state index in [1.807, 2.05) is 13.2 Å². The molecule has 1 aromatic heterocycles. The van der Waals surface area contributed by atoms with Gasteiger partial charge in [-0.25, -0.2) is 4.79 Å². The molecule has 0 aromatic carbocycles. The highest BCUT2D eigenvalue weighted by atomic mass is 16.5. The Balaban J connectivity index is 2.11. The minimum Gasteiger partial charge on any atom is -0.461 e. The molecule has 1 atom stereocenters. The van der Waals surface area contributed by atoms with Crippen molar-refractivity contribution in [1.82, 2.24) is 15.1 Å². The van der Waals surface area contributed by atoms with Gasteiger partial charge in [0.05, 0.1) is 6.61 Å². The zero-order valence-electron chi connectivity index (χ0n) is 10.4. The van der Waals surface area contributed by atoms with Gasteiger partial charge in [-0.05, 0) is 38.8 Å². The van der Waals surface area contributed by atoms with Gasteiger partial charge in [0.15, 0.2) is 5.69 Å². The summed E-state index contributed by atoms with van der Waals surface area (Å²) in [6.07, 6.45) is 3.98. The van der Waals surface area contributed by atoms with Crippen molar-refractivity contribution in [3.63, 3.8) is 0 Å². The molecule has 0 amide bonds. The largest absolute Gasteiger partial charge is 0.461 e. The van der Waals surface area contributed by atoms with E-state index in [0.717, 1.165) is 31.5 Å². The molecule has 0 spiro atoms. The molecule has 1 saturated heterocycles. The van der Waals surface area contributed by atoms with Crippen LogP contribution in [0.15, 0.2) is 6.20 Å². The highest BCUT2D eigenvalue weighted by Crippen LogP contribution is 2.18. The van der Waals surface area contributed by atoms with Crippen molar-refractivity contribution >= 4 is 5.97 Å². The van der Waals surface area contributed by atoms with Gasteiger partial charge in [-0.3, -0.25) is 4.68 Å². The Labute approximate surface area is 101 Å². The van der Waals surface area contributed by atoms with E-state index < -0.39 is 0 Å². The average Bonchev–Trinajstić information content (AvgIpc) is 2.89. The Morgan fingerprint density at radius 2 is 2.53 bits per heavy atom. The first-order valence-electron chi connectivity index (χ1n) is 6.11. The van der Waals surface area contributed by atoms with E-state index in [0.29, 0.717) is 18.2 Å². The van der Waals surface area contributed by atoms with Crippen molar-refractivity contribution in [3.05, 3.63) is 17.5 Å². The monoisotopic (exact) mass is 237 g/mol. The fourth-order valence-electron chi connectivity index (χ4n) is 2.26. The summed E-state index contributed by atoms with van der Waals surface area (Å²) in [6, 6.07) is 0. The van der Waals surface area contributed by atoms with Crippen LogP contribution in [0, 0.1) is 5.92 Å². The van der Waals surface area contributed by atoms with Crippen LogP contribution in [0.5, 0.6) is 0 Å². The fourth-order valence-corrected chi connectivity index (χ4v) is 2.26. The predicted octanol–water partition coefficient (Wildman–Crippen LogP) is 0.749. The Morgan fingerprint density at radius 3 is 3.18 bits per heavy atom. The lowest BCUT2D eigenvalue weighted by atomic mass is 9.99. The molecule has 1 aliphatic heterocycles. The van der Waals surface area contributed by atoms with Crippen LogP contribution < -0.4 is 5.32 Å². The molecule has 17 heavy (non-hydrogen) atoms. The highest BCUT2D eigenvalue weighted by molar-refractivity contribution is 5.88. The maximum atomic E-state index is 11.7. The number of ether oxygens (including phenoxy) is 1. The number of hydrogen-bond donors (Lipinski definition) is 1. The van der Waals surface area contributed by atoms with Crippen LogP contribution in [0.3, 0.4) is 0 Å². The molecule has 1 aromatic rings. The van der Waals surface area contributed by atoms with Crippen molar-refractivity contribution < 1.29 is 9.53 Å². The first kappa shape index (κ1) is 12.1. The van der Waals surface area contributed by atoms with E-state index in [4.69, 9.17) is 4.74 Å². The third kappa shape index (κ3) is 2.85. The minimum absolute atomic E-state index is 0.311. The van der Waals surface area contributed by atoms with Gasteiger partial charge >= 0.3 is 5.97 Å². The van der Waals surface area contributed by atoms with Crippen molar-refractivity contribution in [3.8, 4) is 0 Å². The lowest BCUT2D eigenvalue weighted by Gasteiger charge is -2.07. The van der Waals surface area contributed by atoms with Gasteiger partial charge in [-0.15, -0.1) is 0 Å². The Bertz CT molecular complexity index is 394. The molecule has 2 rings (SSSR count). The molecule has 0 aliphatic carbocycles. The summed E-state index contributed by atoms with van der Waals surface area (Å²) in [5, 5.41) is 7.52. The first-order chi connectivity index (χ1) is 8.20. The number of aromatic nitrogens is 2. The second kappa shape index (κ2) is 5.31. The number of carbonyl (C=O) groups excluding carboxylic acids is 1. The second-order valence-electron chi connectivity index (χ2n) is 4.46. The number of carbonyl (C=O) groups is 1. The van der Waals surface area contributed by atoms with Crippen molar-refractivity contribution in [1.29, 1.82) is 0 Å². The van der Waals surface area contributed by atoms with Gasteiger partial charge < -0.3 is 10.1 Å². The van der Waals surface area contributed by atoms with E-state index in [1.54, 1.807) is 11.6 Å². The highest BCUT2D eigenvalue weighted by Gasteiger charge is 2.22. The molecule has 1 aliphatic rings. The topological polar surface area (TPSA) is 56.1 Å². The van der Waals surface area contributed by atoms with Gasteiger partial charge in [0, 0.05) is 18.8 Å². The van der Waals surface area contributed by atoms with E-state index in [-0.39, 0.29) is 5.97 Å². The maximum absolute atomic E-state index is 11.7. The minimum atomic E-state index is -0.311. The van der Waals surface area contributed by atoms with E-state index in [2.05, 4.69) is 10.4 Å². The summed E-state index contributed by atoms with van der Waals surface area (Å²) in [4.78, 5) is 11.7. The first-order valence-corrected chi connectivity index (χ1v) is 6.11. The number of aryl methyl sites for hydroxylation is 1. The standard InChI is InChI=1S/C12H19N3O2/c1-3-17-12(16)11-10(8-15(2)14-11)6-9-4-5-13-7-9/h8-9,13H,3-7H2,1-2H3. The van der Waals surface area contributed by atoms with Crippen LogP contribution in [-0.2, 0) is 18.2 Å². The molecule has 5 nitrogen and oxygen atoms in total. The Hall–Kier alpha value is -1.36. The molecular formula is C12H19N3O2. The van der Waals surface area contributed by atoms with Crippen LogP contribution in [0.25, 0.3) is 0 Å². The number of rotatable bonds is 4. The Kier molecular flexibility index (Phi) is 3.78. The second-order valence-corrected chi connectivity index (χ2v) is 4.46. The molecule has 0 saturated carbocycles. The van der Waals surface area contributed by atoms with Crippen molar-refractivity contribution in [2.24, 2.45) is 13.0 Å². The van der Waals surface area contributed by atoms with Gasteiger partial charge in [0.25, 0.3) is 0 Å². The Morgan fingerprint density at radius 1 is 1.71 bits per heavy atom. The van der Waals surface area contributed by atoms with Crippen LogP contribution in [0.1, 0.15) is 29.4 Å². The van der Waals surface area contributed by atoms with Gasteiger partial charge in [0.1, 0.15) is 0 Å². The summed E-state index contributed by atoms with van der Waals surface area (Å²) in [7, 11) is 1.83. The number of esters is 1. The number of nitrogens with zero attached hydrogens (tertiary/aromatic N) is 2. The number of hydrogen-bond acceptors (Lipinski definition) is 4. The third-order valence-electron chi connectivity index (χ3n) is 3.04. The summed E-state index contributed by atoms with van der Waals surface area (Å²) < 4.78 is 6.70. The molecule has 0 radical (unpaired) electrons. The summed E-state index contributed by atoms with van der Waals surface area (Å²) in [6.45, 7) is 4.29. The lowest BCUT2D eigenvalue weighted by molar-refractivity contribution is 0.0517. The number of nitrogens with one attached hydrogen (secondary N) is 1. The fraction of sp³-hybridized carbons (Fsp3) is 0.667. The SMILES string of the molecule is CCOC(=O)c1nn(C)cc1CC1CCNC1. The van der Waals surface area contributed by atoms with Crippen LogP contribution in [0.4, 0.5) is 0 Å². The molecular weight excluding hydrogens is 218 g/mol. The molecule has 5 heteroatoms. The predicted molar refractivity (Wildman–Crippen MR) is 63.8 cm³/mol. The van der Waals surface area contributed by atoms with E-state index in [1.165, 1.54) is 0 Å². The average molecular weight is 237 g/mol.